The fourth-order valence-corrected chi connectivity index (χ4v) is 4.66. The molecule has 4 rings (SSSR count). The molecule has 2 heterocycles. The Hall–Kier alpha value is -1.88. The molecule has 0 aromatic heterocycles. The molecule has 0 amide bonds. The molecule has 2 aromatic carbocycles. The maximum Gasteiger partial charge on any atom is 0.122 e. The molecule has 2 aliphatic rings. The fourth-order valence-electron chi connectivity index (χ4n) is 4.66. The summed E-state index contributed by atoms with van der Waals surface area (Å²) in [5.41, 5.74) is 2.91. The van der Waals surface area contributed by atoms with Gasteiger partial charge in [-0.15, -0.1) is 0 Å². The highest BCUT2D eigenvalue weighted by Crippen LogP contribution is 2.33. The van der Waals surface area contributed by atoms with Crippen LogP contribution in [0.15, 0.2) is 54.6 Å². The minimum Gasteiger partial charge on any atom is -0.496 e. The zero-order valence-corrected chi connectivity index (χ0v) is 17.0. The number of benzene rings is 2. The van der Waals surface area contributed by atoms with Crippen molar-refractivity contribution in [1.82, 2.24) is 9.80 Å². The standard InChI is InChI=1S/C24H32N2O2/c1-27-23-10-6-5-9-22(23)11-14-25-15-12-24(13-16-25)20-28-18-17-26(24)19-21-7-3-2-4-8-21/h2-10H,11-20H2,1H3. The molecule has 0 saturated carbocycles. The van der Waals surface area contributed by atoms with E-state index in [9.17, 15) is 0 Å². The Morgan fingerprint density at radius 3 is 2.50 bits per heavy atom. The third-order valence-corrected chi connectivity index (χ3v) is 6.44. The summed E-state index contributed by atoms with van der Waals surface area (Å²) in [5.74, 6) is 1.01. The summed E-state index contributed by atoms with van der Waals surface area (Å²) >= 11 is 0. The Labute approximate surface area is 169 Å². The van der Waals surface area contributed by atoms with Gasteiger partial charge in [-0.25, -0.2) is 0 Å². The van der Waals surface area contributed by atoms with Crippen molar-refractivity contribution < 1.29 is 9.47 Å². The summed E-state index contributed by atoms with van der Waals surface area (Å²) in [7, 11) is 1.76. The summed E-state index contributed by atoms with van der Waals surface area (Å²) in [6.45, 7) is 7.18. The minimum absolute atomic E-state index is 0.203. The molecule has 2 aliphatic heterocycles. The average molecular weight is 381 g/mol. The van der Waals surface area contributed by atoms with Crippen LogP contribution in [-0.4, -0.2) is 61.8 Å². The van der Waals surface area contributed by atoms with Crippen LogP contribution in [0.25, 0.3) is 0 Å². The maximum absolute atomic E-state index is 5.95. The zero-order valence-electron chi connectivity index (χ0n) is 17.0. The van der Waals surface area contributed by atoms with Crippen LogP contribution in [0.5, 0.6) is 5.75 Å². The molecular weight excluding hydrogens is 348 g/mol. The first-order valence-electron chi connectivity index (χ1n) is 10.5. The summed E-state index contributed by atoms with van der Waals surface area (Å²) in [6.07, 6.45) is 3.42. The van der Waals surface area contributed by atoms with Gasteiger partial charge in [0, 0.05) is 25.2 Å². The first-order chi connectivity index (χ1) is 13.8. The molecule has 0 unspecified atom stereocenters. The quantitative estimate of drug-likeness (QED) is 0.764. The van der Waals surface area contributed by atoms with Crippen molar-refractivity contribution in [2.75, 3.05) is 46.5 Å². The molecule has 0 radical (unpaired) electrons. The van der Waals surface area contributed by atoms with E-state index in [0.717, 1.165) is 58.1 Å². The van der Waals surface area contributed by atoms with Crippen molar-refractivity contribution in [1.29, 1.82) is 0 Å². The Morgan fingerprint density at radius 1 is 0.964 bits per heavy atom. The molecular formula is C24H32N2O2. The van der Waals surface area contributed by atoms with Gasteiger partial charge in [-0.3, -0.25) is 4.90 Å². The second-order valence-electron chi connectivity index (χ2n) is 8.09. The predicted octanol–water partition coefficient (Wildman–Crippen LogP) is 3.60. The number of likely N-dealkylation sites (tertiary alicyclic amines) is 1. The van der Waals surface area contributed by atoms with E-state index in [4.69, 9.17) is 9.47 Å². The van der Waals surface area contributed by atoms with Gasteiger partial charge in [0.1, 0.15) is 5.75 Å². The van der Waals surface area contributed by atoms with Gasteiger partial charge in [-0.1, -0.05) is 48.5 Å². The molecule has 2 aromatic rings. The van der Waals surface area contributed by atoms with E-state index in [1.807, 2.05) is 6.07 Å². The second kappa shape index (κ2) is 9.08. The molecule has 0 bridgehead atoms. The van der Waals surface area contributed by atoms with E-state index in [0.29, 0.717) is 0 Å². The number of nitrogens with zero attached hydrogens (tertiary/aromatic N) is 2. The average Bonchev–Trinajstić information content (AvgIpc) is 2.76. The summed E-state index contributed by atoms with van der Waals surface area (Å²) in [4.78, 5) is 5.29. The smallest absolute Gasteiger partial charge is 0.122 e. The number of para-hydroxylation sites is 1. The monoisotopic (exact) mass is 380 g/mol. The lowest BCUT2D eigenvalue weighted by Gasteiger charge is -2.51. The Morgan fingerprint density at radius 2 is 1.71 bits per heavy atom. The van der Waals surface area contributed by atoms with Crippen molar-refractivity contribution >= 4 is 0 Å². The van der Waals surface area contributed by atoms with Crippen LogP contribution in [-0.2, 0) is 17.7 Å². The molecule has 1 spiro atoms. The van der Waals surface area contributed by atoms with Crippen LogP contribution < -0.4 is 4.74 Å². The summed E-state index contributed by atoms with van der Waals surface area (Å²) in [6, 6.07) is 19.2. The molecule has 2 saturated heterocycles. The van der Waals surface area contributed by atoms with Gasteiger partial charge < -0.3 is 14.4 Å². The third kappa shape index (κ3) is 4.40. The lowest BCUT2D eigenvalue weighted by molar-refractivity contribution is -0.0987. The highest BCUT2D eigenvalue weighted by atomic mass is 16.5. The van der Waals surface area contributed by atoms with Crippen LogP contribution in [0.4, 0.5) is 0 Å². The van der Waals surface area contributed by atoms with E-state index in [1.54, 1.807) is 7.11 Å². The number of ether oxygens (including phenoxy) is 2. The topological polar surface area (TPSA) is 24.9 Å². The number of rotatable bonds is 6. The van der Waals surface area contributed by atoms with Gasteiger partial charge in [0.05, 0.1) is 20.3 Å². The SMILES string of the molecule is COc1ccccc1CCN1CCC2(CC1)COCCN2Cc1ccccc1. The van der Waals surface area contributed by atoms with Gasteiger partial charge in [-0.2, -0.15) is 0 Å². The van der Waals surface area contributed by atoms with Gasteiger partial charge >= 0.3 is 0 Å². The van der Waals surface area contributed by atoms with Gasteiger partial charge in [0.25, 0.3) is 0 Å². The van der Waals surface area contributed by atoms with Crippen LogP contribution in [0, 0.1) is 0 Å². The first kappa shape index (κ1) is 19.4. The van der Waals surface area contributed by atoms with Crippen LogP contribution in [0.1, 0.15) is 24.0 Å². The lowest BCUT2D eigenvalue weighted by atomic mass is 9.85. The second-order valence-corrected chi connectivity index (χ2v) is 8.09. The van der Waals surface area contributed by atoms with Crippen molar-refractivity contribution in [2.45, 2.75) is 31.3 Å². The van der Waals surface area contributed by atoms with E-state index >= 15 is 0 Å². The van der Waals surface area contributed by atoms with Crippen LogP contribution in [0.2, 0.25) is 0 Å². The van der Waals surface area contributed by atoms with E-state index in [1.165, 1.54) is 24.0 Å². The Balaban J connectivity index is 1.35. The molecule has 2 fully saturated rings. The van der Waals surface area contributed by atoms with Gasteiger partial charge in [0.2, 0.25) is 0 Å². The number of morpholine rings is 1. The zero-order chi connectivity index (χ0) is 19.2. The highest BCUT2D eigenvalue weighted by Gasteiger charge is 2.41. The lowest BCUT2D eigenvalue weighted by Crippen LogP contribution is -2.61. The summed E-state index contributed by atoms with van der Waals surface area (Å²) < 4.78 is 11.5. The summed E-state index contributed by atoms with van der Waals surface area (Å²) in [5, 5.41) is 0. The van der Waals surface area contributed by atoms with E-state index in [2.05, 4.69) is 58.3 Å². The molecule has 4 heteroatoms. The van der Waals surface area contributed by atoms with E-state index in [-0.39, 0.29) is 5.54 Å². The molecule has 0 atom stereocenters. The van der Waals surface area contributed by atoms with Crippen molar-refractivity contribution in [3.8, 4) is 5.75 Å². The molecule has 150 valence electrons. The van der Waals surface area contributed by atoms with Crippen LogP contribution >= 0.6 is 0 Å². The van der Waals surface area contributed by atoms with Gasteiger partial charge in [0.15, 0.2) is 0 Å². The molecule has 0 N–H and O–H groups in total. The van der Waals surface area contributed by atoms with Crippen molar-refractivity contribution in [3.63, 3.8) is 0 Å². The third-order valence-electron chi connectivity index (χ3n) is 6.44. The van der Waals surface area contributed by atoms with Crippen LogP contribution in [0.3, 0.4) is 0 Å². The van der Waals surface area contributed by atoms with Gasteiger partial charge in [-0.05, 0) is 49.5 Å². The number of hydrogen-bond donors (Lipinski definition) is 0. The largest absolute Gasteiger partial charge is 0.496 e. The Kier molecular flexibility index (Phi) is 6.30. The number of piperidine rings is 1. The maximum atomic E-state index is 5.95. The minimum atomic E-state index is 0.203. The fraction of sp³-hybridized carbons (Fsp3) is 0.500. The molecule has 28 heavy (non-hydrogen) atoms. The Bertz CT molecular complexity index is 741. The normalized spacial score (nSPS) is 20.3. The molecule has 4 nitrogen and oxygen atoms in total. The highest BCUT2D eigenvalue weighted by molar-refractivity contribution is 5.33. The number of methoxy groups -OCH3 is 1. The van der Waals surface area contributed by atoms with Crippen molar-refractivity contribution in [3.05, 3.63) is 65.7 Å². The number of hydrogen-bond acceptors (Lipinski definition) is 4. The molecule has 0 aliphatic carbocycles. The van der Waals surface area contributed by atoms with Crippen molar-refractivity contribution in [2.24, 2.45) is 0 Å². The van der Waals surface area contributed by atoms with E-state index < -0.39 is 0 Å². The first-order valence-corrected chi connectivity index (χ1v) is 10.5. The predicted molar refractivity (Wildman–Crippen MR) is 113 cm³/mol.